The lowest BCUT2D eigenvalue weighted by molar-refractivity contribution is 0.328. The van der Waals surface area contributed by atoms with Crippen LogP contribution in [-0.4, -0.2) is 18.1 Å². The quantitative estimate of drug-likeness (QED) is 0.852. The minimum atomic E-state index is 0.502. The lowest BCUT2D eigenvalue weighted by Gasteiger charge is -2.04. The van der Waals surface area contributed by atoms with Gasteiger partial charge < -0.3 is 14.9 Å². The number of aryl methyl sites for hydroxylation is 1. The second-order valence-corrected chi connectivity index (χ2v) is 3.46. The molecule has 0 radical (unpaired) electrons. The van der Waals surface area contributed by atoms with Crippen molar-refractivity contribution < 1.29 is 9.15 Å². The highest BCUT2D eigenvalue weighted by Gasteiger charge is 2.05. The third-order valence-corrected chi connectivity index (χ3v) is 2.09. The molecule has 0 saturated heterocycles. The summed E-state index contributed by atoms with van der Waals surface area (Å²) in [5.41, 5.74) is 7.14. The number of ether oxygens (including phenoxy) is 1. The van der Waals surface area contributed by atoms with E-state index >= 15 is 0 Å². The van der Waals surface area contributed by atoms with Crippen LogP contribution < -0.4 is 10.5 Å². The van der Waals surface area contributed by atoms with Gasteiger partial charge in [0, 0.05) is 12.1 Å². The SMILES string of the molecule is Cc1coc(-c2cccc(OCCN)c2)n1. The molecule has 0 spiro atoms. The molecule has 0 unspecified atom stereocenters. The number of rotatable bonds is 4. The lowest BCUT2D eigenvalue weighted by atomic mass is 10.2. The van der Waals surface area contributed by atoms with Crippen LogP contribution in [0.15, 0.2) is 34.9 Å². The Bertz CT molecular complexity index is 466. The Morgan fingerprint density at radius 1 is 1.44 bits per heavy atom. The second kappa shape index (κ2) is 4.81. The average molecular weight is 218 g/mol. The predicted molar refractivity (Wildman–Crippen MR) is 61.2 cm³/mol. The third-order valence-electron chi connectivity index (χ3n) is 2.09. The van der Waals surface area contributed by atoms with Crippen LogP contribution >= 0.6 is 0 Å². The van der Waals surface area contributed by atoms with Crippen molar-refractivity contribution >= 4 is 0 Å². The van der Waals surface area contributed by atoms with Gasteiger partial charge in [-0.2, -0.15) is 0 Å². The summed E-state index contributed by atoms with van der Waals surface area (Å²) >= 11 is 0. The molecule has 0 bridgehead atoms. The summed E-state index contributed by atoms with van der Waals surface area (Å²) in [6, 6.07) is 7.61. The molecule has 0 saturated carbocycles. The van der Waals surface area contributed by atoms with Crippen LogP contribution in [0.5, 0.6) is 5.75 Å². The summed E-state index contributed by atoms with van der Waals surface area (Å²) in [6.45, 7) is 2.90. The van der Waals surface area contributed by atoms with E-state index in [4.69, 9.17) is 14.9 Å². The Balaban J connectivity index is 2.22. The van der Waals surface area contributed by atoms with Gasteiger partial charge in [-0.25, -0.2) is 4.98 Å². The van der Waals surface area contributed by atoms with Gasteiger partial charge in [-0.05, 0) is 25.1 Å². The zero-order valence-corrected chi connectivity index (χ0v) is 9.14. The van der Waals surface area contributed by atoms with Gasteiger partial charge in [-0.15, -0.1) is 0 Å². The number of hydrogen-bond donors (Lipinski definition) is 1. The number of nitrogens with zero attached hydrogens (tertiary/aromatic N) is 1. The number of hydrogen-bond acceptors (Lipinski definition) is 4. The maximum Gasteiger partial charge on any atom is 0.226 e. The number of benzene rings is 1. The molecule has 0 amide bonds. The highest BCUT2D eigenvalue weighted by atomic mass is 16.5. The first-order valence-electron chi connectivity index (χ1n) is 5.15. The van der Waals surface area contributed by atoms with Gasteiger partial charge >= 0.3 is 0 Å². The van der Waals surface area contributed by atoms with Crippen LogP contribution in [0.4, 0.5) is 0 Å². The Labute approximate surface area is 94.1 Å². The first kappa shape index (κ1) is 10.7. The maximum atomic E-state index is 5.43. The summed E-state index contributed by atoms with van der Waals surface area (Å²) in [4.78, 5) is 4.26. The fourth-order valence-corrected chi connectivity index (χ4v) is 1.38. The Morgan fingerprint density at radius 3 is 3.00 bits per heavy atom. The maximum absolute atomic E-state index is 5.43. The van der Waals surface area contributed by atoms with E-state index in [0.29, 0.717) is 19.0 Å². The van der Waals surface area contributed by atoms with E-state index in [1.165, 1.54) is 0 Å². The minimum Gasteiger partial charge on any atom is -0.492 e. The lowest BCUT2D eigenvalue weighted by Crippen LogP contribution is -2.10. The van der Waals surface area contributed by atoms with E-state index < -0.39 is 0 Å². The van der Waals surface area contributed by atoms with E-state index in [9.17, 15) is 0 Å². The molecule has 2 rings (SSSR count). The molecule has 4 nitrogen and oxygen atoms in total. The van der Waals surface area contributed by atoms with Crippen molar-refractivity contribution in [3.05, 3.63) is 36.2 Å². The number of nitrogens with two attached hydrogens (primary N) is 1. The highest BCUT2D eigenvalue weighted by molar-refractivity contribution is 5.55. The zero-order valence-electron chi connectivity index (χ0n) is 9.14. The van der Waals surface area contributed by atoms with Crippen molar-refractivity contribution in [3.63, 3.8) is 0 Å². The average Bonchev–Trinajstić information content (AvgIpc) is 2.74. The standard InChI is InChI=1S/C12H14N2O2/c1-9-8-16-12(14-9)10-3-2-4-11(7-10)15-6-5-13/h2-4,7-8H,5-6,13H2,1H3. The predicted octanol–water partition coefficient (Wildman–Crippen LogP) is 1.99. The van der Waals surface area contributed by atoms with E-state index in [1.54, 1.807) is 6.26 Å². The molecule has 16 heavy (non-hydrogen) atoms. The van der Waals surface area contributed by atoms with E-state index in [0.717, 1.165) is 17.0 Å². The second-order valence-electron chi connectivity index (χ2n) is 3.46. The summed E-state index contributed by atoms with van der Waals surface area (Å²) in [7, 11) is 0. The molecule has 84 valence electrons. The van der Waals surface area contributed by atoms with Crippen molar-refractivity contribution in [1.29, 1.82) is 0 Å². The van der Waals surface area contributed by atoms with Crippen molar-refractivity contribution in [3.8, 4) is 17.2 Å². The fourth-order valence-electron chi connectivity index (χ4n) is 1.38. The Kier molecular flexibility index (Phi) is 3.22. The third kappa shape index (κ3) is 2.41. The number of oxazole rings is 1. The fraction of sp³-hybridized carbons (Fsp3) is 0.250. The van der Waals surface area contributed by atoms with E-state index in [-0.39, 0.29) is 0 Å². The minimum absolute atomic E-state index is 0.502. The molecule has 4 heteroatoms. The summed E-state index contributed by atoms with van der Waals surface area (Å²) in [5.74, 6) is 1.38. The summed E-state index contributed by atoms with van der Waals surface area (Å²) < 4.78 is 10.7. The molecule has 1 aromatic heterocycles. The van der Waals surface area contributed by atoms with Crippen LogP contribution in [0.1, 0.15) is 5.69 Å². The van der Waals surface area contributed by atoms with Crippen molar-refractivity contribution in [2.75, 3.05) is 13.2 Å². The van der Waals surface area contributed by atoms with Crippen LogP contribution in [0, 0.1) is 6.92 Å². The Morgan fingerprint density at radius 2 is 2.31 bits per heavy atom. The first-order valence-corrected chi connectivity index (χ1v) is 5.15. The highest BCUT2D eigenvalue weighted by Crippen LogP contribution is 2.23. The van der Waals surface area contributed by atoms with Gasteiger partial charge in [0.2, 0.25) is 5.89 Å². The first-order chi connectivity index (χ1) is 7.79. The van der Waals surface area contributed by atoms with Crippen molar-refractivity contribution in [1.82, 2.24) is 4.98 Å². The van der Waals surface area contributed by atoms with Crippen molar-refractivity contribution in [2.24, 2.45) is 5.73 Å². The summed E-state index contributed by atoms with van der Waals surface area (Å²) in [6.07, 6.45) is 1.63. The molecule has 0 fully saturated rings. The van der Waals surface area contributed by atoms with E-state index in [1.807, 2.05) is 31.2 Å². The largest absolute Gasteiger partial charge is 0.492 e. The van der Waals surface area contributed by atoms with Crippen molar-refractivity contribution in [2.45, 2.75) is 6.92 Å². The van der Waals surface area contributed by atoms with Crippen LogP contribution in [0.2, 0.25) is 0 Å². The van der Waals surface area contributed by atoms with Gasteiger partial charge in [0.1, 0.15) is 18.6 Å². The van der Waals surface area contributed by atoms with Gasteiger partial charge in [0.15, 0.2) is 0 Å². The van der Waals surface area contributed by atoms with Gasteiger partial charge in [0.05, 0.1) is 5.69 Å². The molecular formula is C12H14N2O2. The molecule has 0 aliphatic rings. The van der Waals surface area contributed by atoms with Crippen LogP contribution in [-0.2, 0) is 0 Å². The van der Waals surface area contributed by atoms with Gasteiger partial charge in [-0.1, -0.05) is 6.07 Å². The summed E-state index contributed by atoms with van der Waals surface area (Å²) in [5, 5.41) is 0. The normalized spacial score (nSPS) is 10.4. The zero-order chi connectivity index (χ0) is 11.4. The molecule has 0 aliphatic carbocycles. The Hall–Kier alpha value is -1.81. The van der Waals surface area contributed by atoms with Gasteiger partial charge in [0.25, 0.3) is 0 Å². The molecule has 2 aromatic rings. The molecule has 1 heterocycles. The molecular weight excluding hydrogens is 204 g/mol. The van der Waals surface area contributed by atoms with Crippen LogP contribution in [0.25, 0.3) is 11.5 Å². The van der Waals surface area contributed by atoms with E-state index in [2.05, 4.69) is 4.98 Å². The topological polar surface area (TPSA) is 61.3 Å². The molecule has 1 aromatic carbocycles. The van der Waals surface area contributed by atoms with Gasteiger partial charge in [-0.3, -0.25) is 0 Å². The number of aromatic nitrogens is 1. The monoisotopic (exact) mass is 218 g/mol. The van der Waals surface area contributed by atoms with Crippen LogP contribution in [0.3, 0.4) is 0 Å². The molecule has 2 N–H and O–H groups in total. The smallest absolute Gasteiger partial charge is 0.226 e. The molecule has 0 aliphatic heterocycles. The molecule has 0 atom stereocenters.